The number of halogens is 1. The van der Waals surface area contributed by atoms with Gasteiger partial charge in [0.15, 0.2) is 5.82 Å². The van der Waals surface area contributed by atoms with E-state index in [0.29, 0.717) is 19.8 Å². The highest BCUT2D eigenvalue weighted by atomic mass is 32.1. The van der Waals surface area contributed by atoms with Crippen molar-refractivity contribution >= 4 is 27.1 Å². The number of hydrogen-bond acceptors (Lipinski definition) is 4. The van der Waals surface area contributed by atoms with Gasteiger partial charge in [0.25, 0.3) is 0 Å². The van der Waals surface area contributed by atoms with Gasteiger partial charge in [0.05, 0.1) is 18.9 Å². The number of ether oxygens (including phenoxy) is 1. The van der Waals surface area contributed by atoms with Gasteiger partial charge in [-0.3, -0.25) is 4.90 Å². The Morgan fingerprint density at radius 3 is 2.82 bits per heavy atom. The lowest BCUT2D eigenvalue weighted by Crippen LogP contribution is -2.38. The fraction of sp³-hybridized carbons (Fsp3) is 0.391. The van der Waals surface area contributed by atoms with Crippen molar-refractivity contribution in [3.8, 4) is 0 Å². The molecule has 0 saturated carbocycles. The second kappa shape index (κ2) is 7.47. The Labute approximate surface area is 169 Å². The van der Waals surface area contributed by atoms with Crippen LogP contribution in [0.25, 0.3) is 10.1 Å². The van der Waals surface area contributed by atoms with E-state index in [4.69, 9.17) is 4.74 Å². The standard InChI is InChI=1S/C23H25FN2OS/c1-2-25-14-19(16-3-6-22-17(13-16)7-12-28-22)18-4-5-21(23(24)20(18)15-25)26-8-10-27-11-9-26/h3-7,12-13,19H,2,8-11,14-15H2,1H3. The van der Waals surface area contributed by atoms with Gasteiger partial charge in [-0.05, 0) is 52.7 Å². The number of fused-ring (bicyclic) bond motifs is 2. The van der Waals surface area contributed by atoms with E-state index in [-0.39, 0.29) is 11.7 Å². The van der Waals surface area contributed by atoms with Gasteiger partial charge < -0.3 is 9.64 Å². The molecule has 5 heteroatoms. The van der Waals surface area contributed by atoms with E-state index in [2.05, 4.69) is 52.4 Å². The fourth-order valence-electron chi connectivity index (χ4n) is 4.53. The molecule has 0 bridgehead atoms. The second-order valence-corrected chi connectivity index (χ2v) is 8.61. The van der Waals surface area contributed by atoms with Crippen LogP contribution >= 0.6 is 11.3 Å². The molecule has 1 aromatic heterocycles. The number of rotatable bonds is 3. The minimum atomic E-state index is -0.0424. The largest absolute Gasteiger partial charge is 0.378 e. The number of anilines is 1. The molecule has 1 saturated heterocycles. The van der Waals surface area contributed by atoms with Gasteiger partial charge in [-0.15, -0.1) is 11.3 Å². The average molecular weight is 397 g/mol. The molecule has 1 atom stereocenters. The summed E-state index contributed by atoms with van der Waals surface area (Å²) in [6.07, 6.45) is 0. The summed E-state index contributed by atoms with van der Waals surface area (Å²) >= 11 is 1.77. The van der Waals surface area contributed by atoms with Crippen molar-refractivity contribution in [3.05, 3.63) is 64.3 Å². The van der Waals surface area contributed by atoms with Crippen molar-refractivity contribution in [2.24, 2.45) is 0 Å². The predicted molar refractivity (Wildman–Crippen MR) is 114 cm³/mol. The Hall–Kier alpha value is -1.95. The van der Waals surface area contributed by atoms with Crippen molar-refractivity contribution in [1.29, 1.82) is 0 Å². The number of nitrogens with zero attached hydrogens (tertiary/aromatic N) is 2. The van der Waals surface area contributed by atoms with E-state index in [0.717, 1.165) is 43.0 Å². The molecule has 5 rings (SSSR count). The molecule has 2 aliphatic rings. The maximum Gasteiger partial charge on any atom is 0.151 e. The zero-order valence-electron chi connectivity index (χ0n) is 16.2. The molecule has 1 fully saturated rings. The topological polar surface area (TPSA) is 15.7 Å². The van der Waals surface area contributed by atoms with E-state index in [1.54, 1.807) is 11.3 Å². The van der Waals surface area contributed by atoms with Crippen LogP contribution in [-0.2, 0) is 11.3 Å². The Morgan fingerprint density at radius 1 is 1.14 bits per heavy atom. The lowest BCUT2D eigenvalue weighted by atomic mass is 9.83. The van der Waals surface area contributed by atoms with Crippen molar-refractivity contribution in [3.63, 3.8) is 0 Å². The third kappa shape index (κ3) is 3.11. The number of morpholine rings is 1. The summed E-state index contributed by atoms with van der Waals surface area (Å²) in [6, 6.07) is 13.0. The van der Waals surface area contributed by atoms with Crippen LogP contribution in [0, 0.1) is 5.82 Å². The zero-order valence-corrected chi connectivity index (χ0v) is 17.0. The molecule has 0 amide bonds. The summed E-state index contributed by atoms with van der Waals surface area (Å²) in [5.74, 6) is 0.167. The number of likely N-dealkylation sites (N-methyl/N-ethyl adjacent to an activating group) is 1. The summed E-state index contributed by atoms with van der Waals surface area (Å²) in [6.45, 7) is 7.56. The van der Waals surface area contributed by atoms with Crippen molar-refractivity contribution in [1.82, 2.24) is 4.90 Å². The van der Waals surface area contributed by atoms with Crippen LogP contribution in [-0.4, -0.2) is 44.3 Å². The van der Waals surface area contributed by atoms with Crippen molar-refractivity contribution in [2.75, 3.05) is 44.3 Å². The van der Waals surface area contributed by atoms with Gasteiger partial charge in [-0.1, -0.05) is 19.1 Å². The second-order valence-electron chi connectivity index (χ2n) is 7.66. The van der Waals surface area contributed by atoms with Crippen molar-refractivity contribution in [2.45, 2.75) is 19.4 Å². The summed E-state index contributed by atoms with van der Waals surface area (Å²) in [4.78, 5) is 4.48. The molecule has 1 unspecified atom stereocenters. The molecule has 0 radical (unpaired) electrons. The maximum atomic E-state index is 15.6. The maximum absolute atomic E-state index is 15.6. The predicted octanol–water partition coefficient (Wildman–Crippen LogP) is 4.84. The summed E-state index contributed by atoms with van der Waals surface area (Å²) in [5.41, 5.74) is 4.03. The fourth-order valence-corrected chi connectivity index (χ4v) is 5.30. The summed E-state index contributed by atoms with van der Waals surface area (Å²) < 4.78 is 22.4. The van der Waals surface area contributed by atoms with Crippen LogP contribution in [0.3, 0.4) is 0 Å². The Balaban J connectivity index is 1.58. The summed E-state index contributed by atoms with van der Waals surface area (Å²) in [7, 11) is 0. The molecule has 3 nitrogen and oxygen atoms in total. The normalized spacial score (nSPS) is 20.5. The van der Waals surface area contributed by atoms with Crippen LogP contribution in [0.2, 0.25) is 0 Å². The summed E-state index contributed by atoms with van der Waals surface area (Å²) in [5, 5.41) is 3.42. The van der Waals surface area contributed by atoms with Crippen molar-refractivity contribution < 1.29 is 9.13 Å². The van der Waals surface area contributed by atoms with Crippen LogP contribution in [0.1, 0.15) is 29.5 Å². The third-order valence-corrected chi connectivity index (χ3v) is 7.03. The van der Waals surface area contributed by atoms with Crippen LogP contribution in [0.15, 0.2) is 41.8 Å². The van der Waals surface area contributed by atoms with Gasteiger partial charge in [0, 0.05) is 42.4 Å². The highest BCUT2D eigenvalue weighted by molar-refractivity contribution is 7.17. The van der Waals surface area contributed by atoms with E-state index in [1.807, 2.05) is 6.07 Å². The molecule has 3 heterocycles. The minimum Gasteiger partial charge on any atom is -0.378 e. The quantitative estimate of drug-likeness (QED) is 0.630. The SMILES string of the molecule is CCN1Cc2c(ccc(N3CCOCC3)c2F)C(c2ccc3sccc3c2)C1. The molecule has 2 aromatic carbocycles. The first-order chi connectivity index (χ1) is 13.7. The number of hydrogen-bond donors (Lipinski definition) is 0. The molecule has 0 N–H and O–H groups in total. The molecular weight excluding hydrogens is 371 g/mol. The Kier molecular flexibility index (Phi) is 4.83. The van der Waals surface area contributed by atoms with E-state index < -0.39 is 0 Å². The zero-order chi connectivity index (χ0) is 19.1. The molecular formula is C23H25FN2OS. The third-order valence-electron chi connectivity index (χ3n) is 6.13. The lowest BCUT2D eigenvalue weighted by Gasteiger charge is -2.36. The molecule has 2 aliphatic heterocycles. The Bertz CT molecular complexity index is 995. The van der Waals surface area contributed by atoms with Crippen LogP contribution in [0.5, 0.6) is 0 Å². The van der Waals surface area contributed by atoms with E-state index in [9.17, 15) is 0 Å². The van der Waals surface area contributed by atoms with Gasteiger partial charge in [-0.25, -0.2) is 4.39 Å². The van der Waals surface area contributed by atoms with Crippen LogP contribution < -0.4 is 4.90 Å². The van der Waals surface area contributed by atoms with Gasteiger partial charge >= 0.3 is 0 Å². The highest BCUT2D eigenvalue weighted by Crippen LogP contribution is 2.39. The molecule has 0 aliphatic carbocycles. The number of thiophene rings is 1. The van der Waals surface area contributed by atoms with Gasteiger partial charge in [-0.2, -0.15) is 0 Å². The monoisotopic (exact) mass is 396 g/mol. The first-order valence-electron chi connectivity index (χ1n) is 10.1. The molecule has 28 heavy (non-hydrogen) atoms. The minimum absolute atomic E-state index is 0.0424. The Morgan fingerprint density at radius 2 is 2.00 bits per heavy atom. The molecule has 146 valence electrons. The van der Waals surface area contributed by atoms with Gasteiger partial charge in [0.2, 0.25) is 0 Å². The lowest BCUT2D eigenvalue weighted by molar-refractivity contribution is 0.122. The average Bonchev–Trinajstić information content (AvgIpc) is 3.22. The first-order valence-corrected chi connectivity index (χ1v) is 11.0. The highest BCUT2D eigenvalue weighted by Gasteiger charge is 2.30. The molecule has 0 spiro atoms. The van der Waals surface area contributed by atoms with Gasteiger partial charge in [0.1, 0.15) is 0 Å². The molecule has 3 aromatic rings. The first kappa shape index (κ1) is 18.1. The van der Waals surface area contributed by atoms with E-state index in [1.165, 1.54) is 15.6 Å². The number of benzene rings is 2. The van der Waals surface area contributed by atoms with Crippen LogP contribution in [0.4, 0.5) is 10.1 Å². The smallest absolute Gasteiger partial charge is 0.151 e. The van der Waals surface area contributed by atoms with E-state index >= 15 is 4.39 Å².